The molecule has 0 radical (unpaired) electrons. The summed E-state index contributed by atoms with van der Waals surface area (Å²) in [5.74, 6) is 0.291. The van der Waals surface area contributed by atoms with Gasteiger partial charge in [-0.25, -0.2) is 0 Å². The van der Waals surface area contributed by atoms with Crippen molar-refractivity contribution in [3.8, 4) is 0 Å². The van der Waals surface area contributed by atoms with Gasteiger partial charge in [0.05, 0.1) is 17.1 Å². The molecule has 26 heavy (non-hydrogen) atoms. The van der Waals surface area contributed by atoms with E-state index in [1.54, 1.807) is 30.0 Å². The number of anilines is 1. The molecule has 1 heterocycles. The van der Waals surface area contributed by atoms with E-state index in [1.807, 2.05) is 30.3 Å². The maximum Gasteiger partial charge on any atom is 0.273 e. The van der Waals surface area contributed by atoms with Crippen LogP contribution in [-0.4, -0.2) is 21.0 Å². The summed E-state index contributed by atoms with van der Waals surface area (Å²) in [5, 5.41) is 22.9. The van der Waals surface area contributed by atoms with E-state index in [-0.39, 0.29) is 18.0 Å². The summed E-state index contributed by atoms with van der Waals surface area (Å²) in [6, 6.07) is 16.1. The van der Waals surface area contributed by atoms with Crippen LogP contribution >= 0.6 is 23.1 Å². The van der Waals surface area contributed by atoms with Gasteiger partial charge >= 0.3 is 0 Å². The number of nitro groups is 1. The summed E-state index contributed by atoms with van der Waals surface area (Å²) in [6.07, 6.45) is -0.0924. The molecule has 0 fully saturated rings. The predicted molar refractivity (Wildman–Crippen MR) is 101 cm³/mol. The van der Waals surface area contributed by atoms with Crippen LogP contribution in [0.5, 0.6) is 0 Å². The first-order chi connectivity index (χ1) is 12.6. The molecule has 1 aromatic heterocycles. The van der Waals surface area contributed by atoms with Crippen LogP contribution in [0.15, 0.2) is 59.5 Å². The van der Waals surface area contributed by atoms with E-state index in [0.717, 1.165) is 9.90 Å². The van der Waals surface area contributed by atoms with E-state index in [1.165, 1.54) is 17.4 Å². The van der Waals surface area contributed by atoms with Crippen LogP contribution in [0.3, 0.4) is 0 Å². The monoisotopic (exact) mass is 386 g/mol. The van der Waals surface area contributed by atoms with E-state index in [4.69, 9.17) is 0 Å². The molecule has 0 saturated carbocycles. The van der Waals surface area contributed by atoms with Crippen LogP contribution in [0.1, 0.15) is 10.6 Å². The number of para-hydroxylation sites is 1. The number of amides is 1. The average Bonchev–Trinajstić information content (AvgIpc) is 3.08. The fraction of sp³-hybridized carbons (Fsp3) is 0.118. The first-order valence-electron chi connectivity index (χ1n) is 7.64. The normalized spacial score (nSPS) is 10.5. The highest BCUT2D eigenvalue weighted by molar-refractivity contribution is 7.98. The largest absolute Gasteiger partial charge is 0.300 e. The second kappa shape index (κ2) is 8.54. The summed E-state index contributed by atoms with van der Waals surface area (Å²) in [6.45, 7) is 0. The molecule has 0 spiro atoms. The van der Waals surface area contributed by atoms with Gasteiger partial charge in [-0.15, -0.1) is 22.0 Å². The molecule has 9 heteroatoms. The van der Waals surface area contributed by atoms with E-state index in [9.17, 15) is 14.9 Å². The molecule has 1 N–H and O–H groups in total. The number of carbonyl (C=O) groups is 1. The van der Waals surface area contributed by atoms with Crippen molar-refractivity contribution in [2.75, 3.05) is 5.32 Å². The Morgan fingerprint density at radius 3 is 2.62 bits per heavy atom. The first-order valence-corrected chi connectivity index (χ1v) is 9.44. The van der Waals surface area contributed by atoms with Gasteiger partial charge in [0, 0.05) is 16.5 Å². The molecule has 0 saturated heterocycles. The van der Waals surface area contributed by atoms with Crippen LogP contribution in [0.25, 0.3) is 0 Å². The quantitative estimate of drug-likeness (QED) is 0.375. The zero-order chi connectivity index (χ0) is 18.4. The number of hydrogen-bond acceptors (Lipinski definition) is 7. The third-order valence-electron chi connectivity index (χ3n) is 3.36. The van der Waals surface area contributed by atoms with Gasteiger partial charge in [-0.3, -0.25) is 14.9 Å². The molecule has 0 aliphatic heterocycles. The molecular formula is C17H14N4O3S2. The lowest BCUT2D eigenvalue weighted by Crippen LogP contribution is -2.15. The topological polar surface area (TPSA) is 98.0 Å². The average molecular weight is 386 g/mol. The van der Waals surface area contributed by atoms with E-state index in [2.05, 4.69) is 15.5 Å². The first kappa shape index (κ1) is 18.0. The summed E-state index contributed by atoms with van der Waals surface area (Å²) in [7, 11) is 0. The Bertz CT molecular complexity index is 915. The molecule has 0 bridgehead atoms. The fourth-order valence-corrected chi connectivity index (χ4v) is 3.86. The van der Waals surface area contributed by atoms with Crippen molar-refractivity contribution >= 4 is 39.8 Å². The zero-order valence-corrected chi connectivity index (χ0v) is 15.1. The Labute approximate surface area is 157 Å². The van der Waals surface area contributed by atoms with Gasteiger partial charge in [0.1, 0.15) is 5.01 Å². The molecule has 2 aromatic carbocycles. The highest BCUT2D eigenvalue weighted by Gasteiger charge is 2.16. The lowest BCUT2D eigenvalue weighted by atomic mass is 10.1. The second-order valence-electron chi connectivity index (χ2n) is 5.21. The smallest absolute Gasteiger partial charge is 0.273 e. The molecule has 0 unspecified atom stereocenters. The minimum Gasteiger partial charge on any atom is -0.300 e. The number of aromatic nitrogens is 2. The number of rotatable bonds is 7. The molecule has 132 valence electrons. The Balaban J connectivity index is 1.57. The van der Waals surface area contributed by atoms with Crippen molar-refractivity contribution in [2.24, 2.45) is 0 Å². The van der Waals surface area contributed by atoms with Gasteiger partial charge in [-0.1, -0.05) is 47.7 Å². The van der Waals surface area contributed by atoms with Gasteiger partial charge in [-0.05, 0) is 12.1 Å². The van der Waals surface area contributed by atoms with Crippen molar-refractivity contribution in [1.29, 1.82) is 0 Å². The number of hydrogen-bond donors (Lipinski definition) is 1. The molecule has 0 aliphatic rings. The van der Waals surface area contributed by atoms with Crippen molar-refractivity contribution < 1.29 is 9.72 Å². The minimum atomic E-state index is -0.494. The summed E-state index contributed by atoms with van der Waals surface area (Å²) in [5.41, 5.74) is 0.291. The van der Waals surface area contributed by atoms with Gasteiger partial charge in [0.2, 0.25) is 11.0 Å². The molecule has 3 aromatic rings. The zero-order valence-electron chi connectivity index (χ0n) is 13.5. The number of benzene rings is 2. The van der Waals surface area contributed by atoms with Gasteiger partial charge in [-0.2, -0.15) is 0 Å². The van der Waals surface area contributed by atoms with Gasteiger partial charge < -0.3 is 5.32 Å². The Morgan fingerprint density at radius 1 is 1.12 bits per heavy atom. The number of nitro benzene ring substituents is 1. The third-order valence-corrected chi connectivity index (χ3v) is 5.40. The van der Waals surface area contributed by atoms with E-state index in [0.29, 0.717) is 16.4 Å². The lowest BCUT2D eigenvalue weighted by Gasteiger charge is -2.02. The molecule has 3 rings (SSSR count). The molecule has 1 amide bonds. The Kier molecular flexibility index (Phi) is 5.92. The Morgan fingerprint density at radius 2 is 1.85 bits per heavy atom. The fourth-order valence-electron chi connectivity index (χ4n) is 2.20. The van der Waals surface area contributed by atoms with Crippen LogP contribution in [0.2, 0.25) is 0 Å². The lowest BCUT2D eigenvalue weighted by molar-refractivity contribution is -0.385. The number of nitrogens with zero attached hydrogens (tertiary/aromatic N) is 3. The van der Waals surface area contributed by atoms with Crippen molar-refractivity contribution in [2.45, 2.75) is 17.1 Å². The molecule has 7 nitrogen and oxygen atoms in total. The van der Waals surface area contributed by atoms with Crippen molar-refractivity contribution in [1.82, 2.24) is 10.2 Å². The van der Waals surface area contributed by atoms with Gasteiger partial charge in [0.15, 0.2) is 0 Å². The summed E-state index contributed by atoms with van der Waals surface area (Å²) in [4.78, 5) is 23.8. The highest BCUT2D eigenvalue weighted by atomic mass is 32.2. The van der Waals surface area contributed by atoms with E-state index < -0.39 is 4.92 Å². The molecule has 0 aliphatic carbocycles. The number of carbonyl (C=O) groups excluding carboxylic acids is 1. The number of nitrogens with one attached hydrogen (secondary N) is 1. The predicted octanol–water partition coefficient (Wildman–Crippen LogP) is 3.92. The van der Waals surface area contributed by atoms with Crippen LogP contribution in [0.4, 0.5) is 10.8 Å². The maximum atomic E-state index is 12.1. The SMILES string of the molecule is O=C(Cc1ccccc1[N+](=O)[O-])Nc1nnc(CSc2ccccc2)s1. The van der Waals surface area contributed by atoms with E-state index >= 15 is 0 Å². The summed E-state index contributed by atoms with van der Waals surface area (Å²) >= 11 is 2.93. The van der Waals surface area contributed by atoms with Crippen LogP contribution in [-0.2, 0) is 17.0 Å². The second-order valence-corrected chi connectivity index (χ2v) is 7.32. The van der Waals surface area contributed by atoms with Gasteiger partial charge in [0.25, 0.3) is 5.69 Å². The number of thioether (sulfide) groups is 1. The minimum absolute atomic E-state index is 0.0696. The molecule has 0 atom stereocenters. The molecular weight excluding hydrogens is 372 g/mol. The van der Waals surface area contributed by atoms with Crippen LogP contribution < -0.4 is 5.32 Å². The third kappa shape index (κ3) is 4.87. The Hall–Kier alpha value is -2.78. The van der Waals surface area contributed by atoms with Crippen LogP contribution in [0, 0.1) is 10.1 Å². The maximum absolute atomic E-state index is 12.1. The van der Waals surface area contributed by atoms with Crippen molar-refractivity contribution in [3.63, 3.8) is 0 Å². The highest BCUT2D eigenvalue weighted by Crippen LogP contribution is 2.26. The summed E-state index contributed by atoms with van der Waals surface area (Å²) < 4.78 is 0. The van der Waals surface area contributed by atoms with Crippen molar-refractivity contribution in [3.05, 3.63) is 75.3 Å². The standard InChI is InChI=1S/C17H14N4O3S2/c22-15(10-12-6-4-5-9-14(12)21(23)24)18-17-20-19-16(26-17)11-25-13-7-2-1-3-8-13/h1-9H,10-11H2,(H,18,20,22).